The van der Waals surface area contributed by atoms with Gasteiger partial charge in [0.1, 0.15) is 5.78 Å². The van der Waals surface area contributed by atoms with Crippen LogP contribution in [0, 0.1) is 0 Å². The van der Waals surface area contributed by atoms with Crippen LogP contribution in [0.3, 0.4) is 0 Å². The summed E-state index contributed by atoms with van der Waals surface area (Å²) in [5, 5.41) is 2.65. The van der Waals surface area contributed by atoms with Crippen molar-refractivity contribution >= 4 is 28.7 Å². The molecule has 0 bridgehead atoms. The van der Waals surface area contributed by atoms with Crippen molar-refractivity contribution in [2.45, 2.75) is 12.8 Å². The molecule has 0 aliphatic heterocycles. The Bertz CT molecular complexity index is 476. The largest absolute Gasteiger partial charge is 0.299 e. The minimum atomic E-state index is 0.204. The zero-order valence-electron chi connectivity index (χ0n) is 8.65. The highest BCUT2D eigenvalue weighted by molar-refractivity contribution is 7.10. The SMILES string of the molecule is O=C(Cc1cccs1)Cc1ccccc1Cl. The fraction of sp³-hybridized carbons (Fsp3) is 0.154. The van der Waals surface area contributed by atoms with Gasteiger partial charge >= 0.3 is 0 Å². The van der Waals surface area contributed by atoms with Crippen LogP contribution in [0.4, 0.5) is 0 Å². The molecule has 0 aliphatic carbocycles. The van der Waals surface area contributed by atoms with Gasteiger partial charge < -0.3 is 0 Å². The van der Waals surface area contributed by atoms with E-state index in [1.807, 2.05) is 41.8 Å². The summed E-state index contributed by atoms with van der Waals surface area (Å²) in [4.78, 5) is 12.9. The van der Waals surface area contributed by atoms with Gasteiger partial charge in [0.15, 0.2) is 0 Å². The van der Waals surface area contributed by atoms with Gasteiger partial charge in [-0.1, -0.05) is 35.9 Å². The summed E-state index contributed by atoms with van der Waals surface area (Å²) < 4.78 is 0. The maximum atomic E-state index is 11.8. The van der Waals surface area contributed by atoms with Gasteiger partial charge in [0.25, 0.3) is 0 Å². The number of carbonyl (C=O) groups excluding carboxylic acids is 1. The Morgan fingerprint density at radius 2 is 1.94 bits per heavy atom. The van der Waals surface area contributed by atoms with Crippen LogP contribution in [0.25, 0.3) is 0 Å². The minimum absolute atomic E-state index is 0.204. The van der Waals surface area contributed by atoms with Crippen molar-refractivity contribution in [1.82, 2.24) is 0 Å². The normalized spacial score (nSPS) is 10.3. The molecule has 0 aliphatic rings. The zero-order valence-corrected chi connectivity index (χ0v) is 10.2. The van der Waals surface area contributed by atoms with Gasteiger partial charge in [0.05, 0.1) is 0 Å². The predicted molar refractivity (Wildman–Crippen MR) is 68.2 cm³/mol. The monoisotopic (exact) mass is 250 g/mol. The van der Waals surface area contributed by atoms with Crippen molar-refractivity contribution in [1.29, 1.82) is 0 Å². The van der Waals surface area contributed by atoms with Crippen LogP contribution < -0.4 is 0 Å². The van der Waals surface area contributed by atoms with Gasteiger partial charge in [-0.25, -0.2) is 0 Å². The summed E-state index contributed by atoms with van der Waals surface area (Å²) in [6.45, 7) is 0. The molecule has 2 aromatic rings. The topological polar surface area (TPSA) is 17.1 Å². The lowest BCUT2D eigenvalue weighted by Gasteiger charge is -2.02. The summed E-state index contributed by atoms with van der Waals surface area (Å²) in [7, 11) is 0. The van der Waals surface area contributed by atoms with E-state index in [0.29, 0.717) is 17.9 Å². The molecule has 1 aromatic carbocycles. The van der Waals surface area contributed by atoms with Gasteiger partial charge in [-0.2, -0.15) is 0 Å². The Kier molecular flexibility index (Phi) is 3.75. The molecular weight excluding hydrogens is 240 g/mol. The van der Waals surface area contributed by atoms with E-state index in [1.165, 1.54) is 0 Å². The highest BCUT2D eigenvalue weighted by atomic mass is 35.5. The van der Waals surface area contributed by atoms with Gasteiger partial charge in [0.2, 0.25) is 0 Å². The van der Waals surface area contributed by atoms with Crippen LogP contribution in [0.15, 0.2) is 41.8 Å². The average Bonchev–Trinajstić information content (AvgIpc) is 2.74. The summed E-state index contributed by atoms with van der Waals surface area (Å²) >= 11 is 7.61. The molecule has 1 aromatic heterocycles. The molecule has 2 rings (SSSR count). The van der Waals surface area contributed by atoms with E-state index in [2.05, 4.69) is 0 Å². The first-order chi connectivity index (χ1) is 7.75. The van der Waals surface area contributed by atoms with E-state index < -0.39 is 0 Å². The molecule has 16 heavy (non-hydrogen) atoms. The number of hydrogen-bond donors (Lipinski definition) is 0. The molecule has 0 atom stereocenters. The Morgan fingerprint density at radius 1 is 1.12 bits per heavy atom. The first-order valence-electron chi connectivity index (χ1n) is 5.03. The average molecular weight is 251 g/mol. The lowest BCUT2D eigenvalue weighted by Crippen LogP contribution is -2.05. The number of benzene rings is 1. The molecule has 0 unspecified atom stereocenters. The fourth-order valence-corrected chi connectivity index (χ4v) is 2.46. The van der Waals surface area contributed by atoms with Crippen LogP contribution in [-0.4, -0.2) is 5.78 Å². The lowest BCUT2D eigenvalue weighted by atomic mass is 10.1. The number of hydrogen-bond acceptors (Lipinski definition) is 2. The number of rotatable bonds is 4. The number of carbonyl (C=O) groups is 1. The van der Waals surface area contributed by atoms with Crippen molar-refractivity contribution in [3.05, 3.63) is 57.2 Å². The standard InChI is InChI=1S/C13H11ClOS/c14-13-6-2-1-4-10(13)8-11(15)9-12-5-3-7-16-12/h1-7H,8-9H2. The quantitative estimate of drug-likeness (QED) is 0.808. The van der Waals surface area contributed by atoms with Crippen LogP contribution in [0.2, 0.25) is 5.02 Å². The highest BCUT2D eigenvalue weighted by Gasteiger charge is 2.08. The second kappa shape index (κ2) is 5.28. The van der Waals surface area contributed by atoms with E-state index in [0.717, 1.165) is 10.4 Å². The molecule has 0 amide bonds. The maximum Gasteiger partial charge on any atom is 0.142 e. The summed E-state index contributed by atoms with van der Waals surface area (Å²) in [6.07, 6.45) is 0.917. The van der Waals surface area contributed by atoms with Crippen molar-refractivity contribution in [3.8, 4) is 0 Å². The Balaban J connectivity index is 2.00. The van der Waals surface area contributed by atoms with Gasteiger partial charge in [-0.05, 0) is 23.1 Å². The van der Waals surface area contributed by atoms with E-state index in [9.17, 15) is 4.79 Å². The van der Waals surface area contributed by atoms with Crippen molar-refractivity contribution in [2.75, 3.05) is 0 Å². The third-order valence-corrected chi connectivity index (χ3v) is 3.54. The molecule has 0 spiro atoms. The van der Waals surface area contributed by atoms with E-state index in [1.54, 1.807) is 11.3 Å². The van der Waals surface area contributed by atoms with E-state index >= 15 is 0 Å². The summed E-state index contributed by atoms with van der Waals surface area (Å²) in [5.41, 5.74) is 0.908. The van der Waals surface area contributed by atoms with Crippen molar-refractivity contribution in [2.24, 2.45) is 0 Å². The zero-order chi connectivity index (χ0) is 11.4. The predicted octanol–water partition coefficient (Wildman–Crippen LogP) is 3.76. The van der Waals surface area contributed by atoms with Gasteiger partial charge in [0, 0.05) is 22.7 Å². The lowest BCUT2D eigenvalue weighted by molar-refractivity contribution is -0.117. The van der Waals surface area contributed by atoms with E-state index in [-0.39, 0.29) is 5.78 Å². The molecule has 1 nitrogen and oxygen atoms in total. The van der Waals surface area contributed by atoms with E-state index in [4.69, 9.17) is 11.6 Å². The van der Waals surface area contributed by atoms with Crippen molar-refractivity contribution < 1.29 is 4.79 Å². The number of halogens is 1. The number of ketones is 1. The third-order valence-electron chi connectivity index (χ3n) is 2.30. The molecule has 0 N–H and O–H groups in total. The third kappa shape index (κ3) is 2.94. The minimum Gasteiger partial charge on any atom is -0.299 e. The smallest absolute Gasteiger partial charge is 0.142 e. The Hall–Kier alpha value is -1.12. The molecule has 0 fully saturated rings. The van der Waals surface area contributed by atoms with Crippen molar-refractivity contribution in [3.63, 3.8) is 0 Å². The molecule has 0 saturated heterocycles. The van der Waals surface area contributed by atoms with Crippen LogP contribution in [0.5, 0.6) is 0 Å². The number of Topliss-reactive ketones (excluding diaryl/α,β-unsaturated/α-hetero) is 1. The molecule has 82 valence electrons. The van der Waals surface area contributed by atoms with Gasteiger partial charge in [-0.3, -0.25) is 4.79 Å². The second-order valence-corrected chi connectivity index (χ2v) is 5.00. The second-order valence-electron chi connectivity index (χ2n) is 3.56. The molecular formula is C13H11ClOS. The first kappa shape index (κ1) is 11.4. The Morgan fingerprint density at radius 3 is 2.62 bits per heavy atom. The molecule has 0 saturated carbocycles. The summed E-state index contributed by atoms with van der Waals surface area (Å²) in [5.74, 6) is 0.204. The van der Waals surface area contributed by atoms with Crippen LogP contribution >= 0.6 is 22.9 Å². The highest BCUT2D eigenvalue weighted by Crippen LogP contribution is 2.17. The molecule has 1 heterocycles. The van der Waals surface area contributed by atoms with Crippen LogP contribution in [-0.2, 0) is 17.6 Å². The maximum absolute atomic E-state index is 11.8. The van der Waals surface area contributed by atoms with Crippen LogP contribution in [0.1, 0.15) is 10.4 Å². The number of thiophene rings is 1. The molecule has 0 radical (unpaired) electrons. The first-order valence-corrected chi connectivity index (χ1v) is 6.29. The fourth-order valence-electron chi connectivity index (χ4n) is 1.52. The molecule has 3 heteroatoms. The summed E-state index contributed by atoms with van der Waals surface area (Å²) in [6, 6.07) is 11.4. The van der Waals surface area contributed by atoms with Gasteiger partial charge in [-0.15, -0.1) is 11.3 Å². The Labute approximate surface area is 104 Å².